The third-order valence-corrected chi connectivity index (χ3v) is 4.22. The third-order valence-electron chi connectivity index (χ3n) is 4.22. The van der Waals surface area contributed by atoms with Gasteiger partial charge in [0.05, 0.1) is 0 Å². The van der Waals surface area contributed by atoms with E-state index in [0.717, 1.165) is 0 Å². The highest BCUT2D eigenvalue weighted by molar-refractivity contribution is 5.30. The van der Waals surface area contributed by atoms with E-state index in [9.17, 15) is 43.9 Å². The van der Waals surface area contributed by atoms with Crippen molar-refractivity contribution in [3.05, 3.63) is 0 Å². The molecule has 132 valence electrons. The molecule has 2 atom stereocenters. The monoisotopic (exact) mass is 348 g/mol. The molecule has 0 heterocycles. The highest BCUT2D eigenvalue weighted by atomic mass is 19.4. The van der Waals surface area contributed by atoms with E-state index in [1.165, 1.54) is 0 Å². The highest BCUT2D eigenvalue weighted by Gasteiger charge is 3.00. The Morgan fingerprint density at radius 3 is 0.727 bits per heavy atom. The van der Waals surface area contributed by atoms with Gasteiger partial charge in [-0.3, -0.25) is 0 Å². The summed E-state index contributed by atoms with van der Waals surface area (Å²) in [5, 5.41) is 0. The molecular formula is C12H14F10. The summed E-state index contributed by atoms with van der Waals surface area (Å²) in [6, 6.07) is 0. The molecule has 1 saturated carbocycles. The van der Waals surface area contributed by atoms with Gasteiger partial charge in [-0.15, -0.1) is 0 Å². The van der Waals surface area contributed by atoms with Crippen molar-refractivity contribution >= 4 is 0 Å². The van der Waals surface area contributed by atoms with Crippen LogP contribution in [0.15, 0.2) is 0 Å². The molecule has 0 spiro atoms. The molecule has 1 aliphatic rings. The molecule has 0 bridgehead atoms. The van der Waals surface area contributed by atoms with E-state index in [1.54, 1.807) is 0 Å². The Hall–Kier alpha value is -0.700. The first kappa shape index (κ1) is 19.3. The zero-order chi connectivity index (χ0) is 18.2. The Kier molecular flexibility index (Phi) is 3.90. The normalized spacial score (nSPS) is 39.3. The largest absolute Gasteiger partial charge is 0.381 e. The number of hydrogen-bond acceptors (Lipinski definition) is 0. The van der Waals surface area contributed by atoms with Crippen LogP contribution in [0.25, 0.3) is 0 Å². The number of hydrogen-bond donors (Lipinski definition) is 0. The second-order valence-corrected chi connectivity index (χ2v) is 6.03. The maximum atomic E-state index is 14.7. The zero-order valence-corrected chi connectivity index (χ0v) is 11.9. The maximum absolute atomic E-state index is 14.7. The highest BCUT2D eigenvalue weighted by Crippen LogP contribution is 2.71. The van der Waals surface area contributed by atoms with Crippen molar-refractivity contribution in [2.75, 3.05) is 0 Å². The topological polar surface area (TPSA) is 0 Å². The van der Waals surface area contributed by atoms with Gasteiger partial charge >= 0.3 is 23.7 Å². The lowest BCUT2D eigenvalue weighted by Crippen LogP contribution is -2.87. The molecule has 0 aromatic carbocycles. The van der Waals surface area contributed by atoms with Crippen molar-refractivity contribution < 1.29 is 43.9 Å². The first-order valence-electron chi connectivity index (χ1n) is 6.28. The lowest BCUT2D eigenvalue weighted by molar-refractivity contribution is -0.475. The molecule has 0 aromatic heterocycles. The van der Waals surface area contributed by atoms with E-state index in [2.05, 4.69) is 0 Å². The minimum atomic E-state index is -6.77. The van der Waals surface area contributed by atoms with Crippen LogP contribution < -0.4 is 0 Å². The summed E-state index contributed by atoms with van der Waals surface area (Å²) in [5.74, 6) is -31.1. The van der Waals surface area contributed by atoms with Crippen LogP contribution in [0.4, 0.5) is 43.9 Å². The molecule has 0 aliphatic heterocycles. The van der Waals surface area contributed by atoms with E-state index in [-0.39, 0.29) is 0 Å². The summed E-state index contributed by atoms with van der Waals surface area (Å²) in [6.45, 7) is 1.78. The first-order valence-corrected chi connectivity index (χ1v) is 6.28. The lowest BCUT2D eigenvalue weighted by Gasteiger charge is -2.58. The molecule has 2 unspecified atom stereocenters. The van der Waals surface area contributed by atoms with Gasteiger partial charge in [-0.25, -0.2) is 8.78 Å². The fraction of sp³-hybridized carbons (Fsp3) is 1.00. The van der Waals surface area contributed by atoms with Crippen LogP contribution in [0.1, 0.15) is 27.7 Å². The summed E-state index contributed by atoms with van der Waals surface area (Å²) in [5.41, 5.74) is -10.4. The standard InChI is InChI=1S/C12H14F10/c1-5(2)7(13)8(14,6(3)4)10(17,18)12(21,22)11(19,20)9(7,15)16/h5-6H,1-4H3. The Morgan fingerprint density at radius 1 is 0.409 bits per heavy atom. The van der Waals surface area contributed by atoms with Gasteiger partial charge in [0, 0.05) is 0 Å². The fourth-order valence-corrected chi connectivity index (χ4v) is 2.87. The first-order chi connectivity index (χ1) is 9.39. The van der Waals surface area contributed by atoms with Crippen LogP contribution in [-0.4, -0.2) is 35.0 Å². The van der Waals surface area contributed by atoms with Crippen LogP contribution in [-0.2, 0) is 0 Å². The van der Waals surface area contributed by atoms with Gasteiger partial charge in [-0.2, -0.15) is 35.1 Å². The Labute approximate surface area is 119 Å². The molecule has 0 saturated heterocycles. The van der Waals surface area contributed by atoms with Gasteiger partial charge in [0.1, 0.15) is 0 Å². The van der Waals surface area contributed by atoms with Gasteiger partial charge < -0.3 is 0 Å². The van der Waals surface area contributed by atoms with Crippen molar-refractivity contribution in [1.29, 1.82) is 0 Å². The van der Waals surface area contributed by atoms with Crippen LogP contribution >= 0.6 is 0 Å². The molecule has 1 fully saturated rings. The quantitative estimate of drug-likeness (QED) is 0.597. The van der Waals surface area contributed by atoms with Gasteiger partial charge in [0.15, 0.2) is 0 Å². The predicted molar refractivity (Wildman–Crippen MR) is 57.1 cm³/mol. The average molecular weight is 348 g/mol. The fourth-order valence-electron chi connectivity index (χ4n) is 2.87. The minimum Gasteiger partial charge on any atom is -0.233 e. The summed E-state index contributed by atoms with van der Waals surface area (Å²) >= 11 is 0. The average Bonchev–Trinajstić information content (AvgIpc) is 2.33. The van der Waals surface area contributed by atoms with Crippen LogP contribution in [0.3, 0.4) is 0 Å². The van der Waals surface area contributed by atoms with Crippen molar-refractivity contribution in [3.8, 4) is 0 Å². The summed E-state index contributed by atoms with van der Waals surface area (Å²) in [4.78, 5) is 0. The smallest absolute Gasteiger partial charge is 0.233 e. The Bertz CT molecular complexity index is 413. The minimum absolute atomic E-state index is 0.445. The number of alkyl halides is 10. The number of rotatable bonds is 2. The molecule has 0 amide bonds. The molecule has 0 aromatic rings. The summed E-state index contributed by atoms with van der Waals surface area (Å²) < 4.78 is 138. The van der Waals surface area contributed by atoms with Crippen molar-refractivity contribution in [2.24, 2.45) is 11.8 Å². The van der Waals surface area contributed by atoms with E-state index >= 15 is 0 Å². The van der Waals surface area contributed by atoms with E-state index in [0.29, 0.717) is 27.7 Å². The molecule has 10 heteroatoms. The molecule has 0 N–H and O–H groups in total. The van der Waals surface area contributed by atoms with Crippen molar-refractivity contribution in [1.82, 2.24) is 0 Å². The van der Waals surface area contributed by atoms with Gasteiger partial charge in [0.25, 0.3) is 0 Å². The summed E-state index contributed by atoms with van der Waals surface area (Å²) in [6.07, 6.45) is 0. The van der Waals surface area contributed by atoms with Crippen molar-refractivity contribution in [2.45, 2.75) is 62.7 Å². The van der Waals surface area contributed by atoms with Gasteiger partial charge in [-0.1, -0.05) is 27.7 Å². The van der Waals surface area contributed by atoms with Gasteiger partial charge in [0.2, 0.25) is 11.3 Å². The molecule has 1 rings (SSSR count). The van der Waals surface area contributed by atoms with E-state index in [1.807, 2.05) is 0 Å². The second kappa shape index (κ2) is 4.43. The Morgan fingerprint density at radius 2 is 0.591 bits per heavy atom. The van der Waals surface area contributed by atoms with Crippen LogP contribution in [0, 0.1) is 11.8 Å². The summed E-state index contributed by atoms with van der Waals surface area (Å²) in [7, 11) is 0. The van der Waals surface area contributed by atoms with Crippen LogP contribution in [0.2, 0.25) is 0 Å². The predicted octanol–water partition coefficient (Wildman–Crippen LogP) is 5.27. The van der Waals surface area contributed by atoms with E-state index < -0.39 is 46.9 Å². The lowest BCUT2D eigenvalue weighted by atomic mass is 9.58. The van der Waals surface area contributed by atoms with E-state index in [4.69, 9.17) is 0 Å². The SMILES string of the molecule is CC(C)C1(F)C(F)(F)C(F)(F)C(F)(F)C(F)(F)C1(F)C(C)C. The van der Waals surface area contributed by atoms with Crippen molar-refractivity contribution in [3.63, 3.8) is 0 Å². The molecule has 1 aliphatic carbocycles. The maximum Gasteiger partial charge on any atom is 0.381 e. The van der Waals surface area contributed by atoms with Gasteiger partial charge in [-0.05, 0) is 11.8 Å². The Balaban J connectivity index is 3.98. The molecule has 22 heavy (non-hydrogen) atoms. The molecule has 0 radical (unpaired) electrons. The van der Waals surface area contributed by atoms with Crippen LogP contribution in [0.5, 0.6) is 0 Å². The third kappa shape index (κ3) is 1.52. The molecular weight excluding hydrogens is 334 g/mol. The zero-order valence-electron chi connectivity index (χ0n) is 11.9. The molecule has 0 nitrogen and oxygen atoms in total. The second-order valence-electron chi connectivity index (χ2n) is 6.03. The number of halogens is 10.